The van der Waals surface area contributed by atoms with E-state index in [2.05, 4.69) is 21.3 Å². The third-order valence-corrected chi connectivity index (χ3v) is 8.47. The molecule has 0 unspecified atom stereocenters. The Balaban J connectivity index is 3.35. The van der Waals surface area contributed by atoms with Gasteiger partial charge in [-0.25, -0.2) is 19.2 Å². The minimum Gasteiger partial charge on any atom is -0.464 e. The fourth-order valence-electron chi connectivity index (χ4n) is 5.48. The Hall–Kier alpha value is -4.40. The van der Waals surface area contributed by atoms with Crippen molar-refractivity contribution in [2.75, 3.05) is 105 Å². The van der Waals surface area contributed by atoms with E-state index in [0.717, 1.165) is 0 Å². The van der Waals surface area contributed by atoms with Gasteiger partial charge in [0.25, 0.3) is 0 Å². The Morgan fingerprint density at radius 1 is 0.375 bits per heavy atom. The largest absolute Gasteiger partial charge is 0.464 e. The highest BCUT2D eigenvalue weighted by Crippen LogP contribution is 2.03. The van der Waals surface area contributed by atoms with Crippen LogP contribution in [0, 0.1) is 0 Å². The Morgan fingerprint density at radius 3 is 0.679 bits per heavy atom. The number of ether oxygens (including phenoxy) is 4. The molecule has 4 N–H and O–H groups in total. The average molecular weight is 801 g/mol. The molecule has 0 aromatic heterocycles. The summed E-state index contributed by atoms with van der Waals surface area (Å²) >= 11 is 0. The van der Waals surface area contributed by atoms with Gasteiger partial charge in [0, 0.05) is 52.4 Å². The van der Waals surface area contributed by atoms with Crippen LogP contribution in [0.15, 0.2) is 0 Å². The van der Waals surface area contributed by atoms with Gasteiger partial charge in [-0.2, -0.15) is 0 Å². The first-order valence-electron chi connectivity index (χ1n) is 19.3. The summed E-state index contributed by atoms with van der Waals surface area (Å²) < 4.78 is 20.0. The molecule has 320 valence electrons. The maximum atomic E-state index is 13.1. The predicted octanol–water partition coefficient (Wildman–Crippen LogP) is -2.52. The lowest BCUT2D eigenvalue weighted by atomic mass is 10.2. The second kappa shape index (κ2) is 27.2. The van der Waals surface area contributed by atoms with E-state index >= 15 is 0 Å². The lowest BCUT2D eigenvalue weighted by molar-refractivity contribution is -0.147. The Morgan fingerprint density at radius 2 is 0.536 bits per heavy atom. The molecule has 1 heterocycles. The molecule has 0 spiro atoms. The normalized spacial score (nSPS) is 17.3. The van der Waals surface area contributed by atoms with Gasteiger partial charge in [0.2, 0.25) is 23.6 Å². The van der Waals surface area contributed by atoms with Crippen molar-refractivity contribution in [2.24, 2.45) is 0 Å². The standard InChI is InChI=1S/C36H64N8O12/c1-9-53-33(49)25(5)37-29(45)21-41-13-15-42(22-30(46)38-26(6)34(50)54-10-2)17-19-44(24-32(48)40-28(8)36(52)56-12-4)20-18-43(16-14-41)23-31(47)39-27(7)35(51)55-11-3/h25-28H,9-24H2,1-8H3,(H,37,45)(H,38,46)(H,39,47)(H,40,48)/t25-,26-,27-,28-/m0/s1. The van der Waals surface area contributed by atoms with E-state index in [4.69, 9.17) is 18.9 Å². The number of carbonyl (C=O) groups excluding carboxylic acids is 8. The fourth-order valence-corrected chi connectivity index (χ4v) is 5.48. The molecule has 1 aliphatic heterocycles. The van der Waals surface area contributed by atoms with Crippen molar-refractivity contribution in [1.82, 2.24) is 40.9 Å². The first-order valence-corrected chi connectivity index (χ1v) is 19.3. The van der Waals surface area contributed by atoms with Crippen molar-refractivity contribution in [3.05, 3.63) is 0 Å². The molecule has 0 aromatic rings. The molecule has 0 bridgehead atoms. The van der Waals surface area contributed by atoms with Gasteiger partial charge < -0.3 is 40.2 Å². The van der Waals surface area contributed by atoms with Gasteiger partial charge in [0.15, 0.2) is 0 Å². The summed E-state index contributed by atoms with van der Waals surface area (Å²) in [5.41, 5.74) is 0. The third kappa shape index (κ3) is 20.5. The first-order chi connectivity index (χ1) is 26.5. The highest BCUT2D eigenvalue weighted by atomic mass is 16.5. The fraction of sp³-hybridized carbons (Fsp3) is 0.778. The maximum absolute atomic E-state index is 13.1. The highest BCUT2D eigenvalue weighted by molar-refractivity contribution is 5.87. The molecule has 56 heavy (non-hydrogen) atoms. The smallest absolute Gasteiger partial charge is 0.328 e. The topological polar surface area (TPSA) is 235 Å². The van der Waals surface area contributed by atoms with Gasteiger partial charge in [0.05, 0.1) is 52.6 Å². The number of esters is 4. The predicted molar refractivity (Wildman–Crippen MR) is 203 cm³/mol. The van der Waals surface area contributed by atoms with E-state index in [1.165, 1.54) is 27.7 Å². The highest BCUT2D eigenvalue weighted by Gasteiger charge is 2.26. The zero-order valence-electron chi connectivity index (χ0n) is 34.3. The van der Waals surface area contributed by atoms with Crippen LogP contribution in [0.4, 0.5) is 0 Å². The van der Waals surface area contributed by atoms with Gasteiger partial charge in [-0.15, -0.1) is 0 Å². The number of rotatable bonds is 20. The van der Waals surface area contributed by atoms with Crippen molar-refractivity contribution in [3.8, 4) is 0 Å². The molecule has 0 aliphatic carbocycles. The summed E-state index contributed by atoms with van der Waals surface area (Å²) in [6.45, 7) is 15.1. The van der Waals surface area contributed by atoms with Crippen LogP contribution in [0.25, 0.3) is 0 Å². The molecule has 1 saturated heterocycles. The van der Waals surface area contributed by atoms with Crippen molar-refractivity contribution in [1.29, 1.82) is 0 Å². The van der Waals surface area contributed by atoms with Crippen LogP contribution in [0.2, 0.25) is 0 Å². The van der Waals surface area contributed by atoms with Gasteiger partial charge >= 0.3 is 23.9 Å². The monoisotopic (exact) mass is 800 g/mol. The van der Waals surface area contributed by atoms with E-state index in [0.29, 0.717) is 0 Å². The number of hydrogen-bond acceptors (Lipinski definition) is 16. The molecule has 0 radical (unpaired) electrons. The summed E-state index contributed by atoms with van der Waals surface area (Å²) in [5.74, 6) is -4.06. The van der Waals surface area contributed by atoms with Crippen LogP contribution >= 0.6 is 0 Å². The van der Waals surface area contributed by atoms with E-state index in [1.54, 1.807) is 27.7 Å². The second-order valence-electron chi connectivity index (χ2n) is 13.3. The van der Waals surface area contributed by atoms with Crippen LogP contribution in [0.1, 0.15) is 55.4 Å². The molecule has 0 saturated carbocycles. The Kier molecular flexibility index (Phi) is 24.1. The van der Waals surface area contributed by atoms with Crippen LogP contribution in [0.3, 0.4) is 0 Å². The molecular weight excluding hydrogens is 736 g/mol. The summed E-state index contributed by atoms with van der Waals surface area (Å²) in [7, 11) is 0. The average Bonchev–Trinajstić information content (AvgIpc) is 3.12. The number of amides is 4. The number of nitrogens with one attached hydrogen (secondary N) is 4. The van der Waals surface area contributed by atoms with Crippen molar-refractivity contribution in [2.45, 2.75) is 79.6 Å². The van der Waals surface area contributed by atoms with Crippen molar-refractivity contribution < 1.29 is 57.3 Å². The number of nitrogens with zero attached hydrogens (tertiary/aromatic N) is 4. The number of carbonyl (C=O) groups is 8. The third-order valence-electron chi connectivity index (χ3n) is 8.47. The minimum absolute atomic E-state index is 0.117. The summed E-state index contributed by atoms with van der Waals surface area (Å²) in [4.78, 5) is 109. The maximum Gasteiger partial charge on any atom is 0.328 e. The van der Waals surface area contributed by atoms with Crippen LogP contribution < -0.4 is 21.3 Å². The van der Waals surface area contributed by atoms with Crippen LogP contribution in [0.5, 0.6) is 0 Å². The van der Waals surface area contributed by atoms with Gasteiger partial charge in [-0.1, -0.05) is 0 Å². The number of hydrogen-bond donors (Lipinski definition) is 4. The zero-order chi connectivity index (χ0) is 42.2. The van der Waals surface area contributed by atoms with Crippen LogP contribution in [-0.4, -0.2) is 196 Å². The molecular formula is C36H64N8O12. The molecule has 1 aliphatic rings. The Labute approximate surface area is 329 Å². The SMILES string of the molecule is CCOC(=O)[C@H](C)NC(=O)CN1CCN(CC(=O)N[C@@H](C)C(=O)OCC)CCN(CC(=O)N[C@@H](C)C(=O)OCC)CCN(CC(=O)N[C@@H](C)C(=O)OCC)CC1. The van der Waals surface area contributed by atoms with Crippen molar-refractivity contribution in [3.63, 3.8) is 0 Å². The quantitative estimate of drug-likeness (QED) is 0.0735. The van der Waals surface area contributed by atoms with E-state index < -0.39 is 71.7 Å². The molecule has 1 fully saturated rings. The lowest BCUT2D eigenvalue weighted by Gasteiger charge is -2.34. The molecule has 4 atom stereocenters. The zero-order valence-corrected chi connectivity index (χ0v) is 34.3. The summed E-state index contributed by atoms with van der Waals surface area (Å²) in [6.07, 6.45) is 0. The van der Waals surface area contributed by atoms with Crippen molar-refractivity contribution >= 4 is 47.5 Å². The van der Waals surface area contributed by atoms with Gasteiger partial charge in [-0.05, 0) is 55.4 Å². The first kappa shape index (κ1) is 49.6. The van der Waals surface area contributed by atoms with Gasteiger partial charge in [-0.3, -0.25) is 38.8 Å². The molecule has 20 nitrogen and oxygen atoms in total. The van der Waals surface area contributed by atoms with E-state index in [1.807, 2.05) is 19.6 Å². The summed E-state index contributed by atoms with van der Waals surface area (Å²) in [5, 5.41) is 10.6. The molecule has 1 rings (SSSR count). The Bertz CT molecular complexity index is 1100. The molecule has 4 amide bonds. The molecule has 0 aromatic carbocycles. The lowest BCUT2D eigenvalue weighted by Crippen LogP contribution is -2.53. The van der Waals surface area contributed by atoms with E-state index in [-0.39, 0.29) is 105 Å². The second-order valence-corrected chi connectivity index (χ2v) is 13.3. The van der Waals surface area contributed by atoms with E-state index in [9.17, 15) is 38.4 Å². The molecule has 20 heteroatoms. The van der Waals surface area contributed by atoms with Crippen LogP contribution in [-0.2, 0) is 57.3 Å². The summed E-state index contributed by atoms with van der Waals surface area (Å²) in [6, 6.07) is -3.55. The minimum atomic E-state index is -0.887. The van der Waals surface area contributed by atoms with Gasteiger partial charge in [0.1, 0.15) is 24.2 Å².